The number of hydrogen-bond acceptors (Lipinski definition) is 5. The summed E-state index contributed by atoms with van der Waals surface area (Å²) < 4.78 is 5.56. The minimum absolute atomic E-state index is 0.0252. The number of carbonyl (C=O) groups excluding carboxylic acids is 2. The zero-order valence-electron chi connectivity index (χ0n) is 17.3. The lowest BCUT2D eigenvalue weighted by Crippen LogP contribution is -2.28. The average Bonchev–Trinajstić information content (AvgIpc) is 3.03. The molecule has 0 aliphatic carbocycles. The smallest absolute Gasteiger partial charge is 0.266 e. The minimum atomic E-state index is -0.222. The molecule has 3 rings (SSSR count). The molecule has 0 unspecified atom stereocenters. The Bertz CT molecular complexity index is 966. The van der Waals surface area contributed by atoms with E-state index in [-0.39, 0.29) is 18.4 Å². The Morgan fingerprint density at radius 2 is 1.83 bits per heavy atom. The fourth-order valence-corrected chi connectivity index (χ4v) is 3.94. The fraction of sp³-hybridized carbons (Fsp3) is 0.261. The van der Waals surface area contributed by atoms with Gasteiger partial charge in [0.1, 0.15) is 5.75 Å². The molecule has 6 nitrogen and oxygen atoms in total. The van der Waals surface area contributed by atoms with Crippen molar-refractivity contribution in [3.8, 4) is 5.75 Å². The Hall–Kier alpha value is -3.06. The molecule has 1 fully saturated rings. The maximum atomic E-state index is 12.5. The summed E-state index contributed by atoms with van der Waals surface area (Å²) in [5.41, 5.74) is 2.76. The molecule has 0 atom stereocenters. The number of amides is 2. The van der Waals surface area contributed by atoms with Crippen LogP contribution in [0.2, 0.25) is 0 Å². The monoisotopic (exact) mass is 423 g/mol. The zero-order chi connectivity index (χ0) is 21.5. The first-order valence-electron chi connectivity index (χ1n) is 9.85. The number of ether oxygens (including phenoxy) is 1. The van der Waals surface area contributed by atoms with Gasteiger partial charge in [-0.3, -0.25) is 19.5 Å². The summed E-state index contributed by atoms with van der Waals surface area (Å²) in [6, 6.07) is 14.9. The van der Waals surface area contributed by atoms with Crippen LogP contribution in [0, 0.1) is 6.92 Å². The minimum Gasteiger partial charge on any atom is -0.484 e. The molecule has 1 saturated heterocycles. The summed E-state index contributed by atoms with van der Waals surface area (Å²) >= 11 is 1.39. The number of thioether (sulfide) groups is 1. The number of nitrogens with one attached hydrogen (secondary N) is 1. The van der Waals surface area contributed by atoms with Crippen molar-refractivity contribution in [3.05, 3.63) is 64.6 Å². The van der Waals surface area contributed by atoms with E-state index in [9.17, 15) is 9.59 Å². The summed E-state index contributed by atoms with van der Waals surface area (Å²) in [4.78, 5) is 31.3. The van der Waals surface area contributed by atoms with E-state index in [4.69, 9.17) is 4.74 Å². The van der Waals surface area contributed by atoms with Crippen molar-refractivity contribution >= 4 is 40.5 Å². The topological polar surface area (TPSA) is 71.0 Å². The Balaban J connectivity index is 1.58. The number of rotatable bonds is 7. The average molecular weight is 424 g/mol. The number of amidine groups is 1. The predicted octanol–water partition coefficient (Wildman–Crippen LogP) is 4.32. The molecular formula is C23H25N3O3S. The van der Waals surface area contributed by atoms with Gasteiger partial charge in [-0.05, 0) is 68.4 Å². The van der Waals surface area contributed by atoms with E-state index < -0.39 is 0 Å². The van der Waals surface area contributed by atoms with E-state index in [0.29, 0.717) is 23.7 Å². The van der Waals surface area contributed by atoms with E-state index in [1.165, 1.54) is 11.8 Å². The van der Waals surface area contributed by atoms with Crippen LogP contribution in [0.3, 0.4) is 0 Å². The molecular weight excluding hydrogens is 398 g/mol. The molecule has 0 spiro atoms. The lowest BCUT2D eigenvalue weighted by molar-refractivity contribution is -0.122. The van der Waals surface area contributed by atoms with Crippen molar-refractivity contribution in [2.24, 2.45) is 4.99 Å². The van der Waals surface area contributed by atoms with Crippen LogP contribution >= 0.6 is 11.8 Å². The maximum Gasteiger partial charge on any atom is 0.266 e. The molecule has 1 heterocycles. The van der Waals surface area contributed by atoms with E-state index in [1.807, 2.05) is 63.2 Å². The SMILES string of the molecule is CCN=C1S/C(=C\c2ccc(OCC(=O)Nc3ccc(C)cc3)cc2)C(=O)N1CC. The molecule has 0 aromatic heterocycles. The second-order valence-corrected chi connectivity index (χ2v) is 7.70. The standard InChI is InChI=1S/C23H25N3O3S/c1-4-24-23-26(5-2)22(28)20(30-23)14-17-8-12-19(13-9-17)29-15-21(27)25-18-10-6-16(3)7-11-18/h6-14H,4-5,15H2,1-3H3,(H,25,27)/b20-14-,24-23?. The highest BCUT2D eigenvalue weighted by Gasteiger charge is 2.31. The first-order chi connectivity index (χ1) is 14.5. The molecule has 0 saturated carbocycles. The highest BCUT2D eigenvalue weighted by molar-refractivity contribution is 8.18. The lowest BCUT2D eigenvalue weighted by atomic mass is 10.2. The molecule has 2 aromatic rings. The van der Waals surface area contributed by atoms with Gasteiger partial charge < -0.3 is 10.1 Å². The molecule has 0 bridgehead atoms. The van der Waals surface area contributed by atoms with Crippen LogP contribution in [0.1, 0.15) is 25.0 Å². The van der Waals surface area contributed by atoms with Gasteiger partial charge in [-0.2, -0.15) is 0 Å². The maximum absolute atomic E-state index is 12.5. The van der Waals surface area contributed by atoms with E-state index in [1.54, 1.807) is 17.0 Å². The van der Waals surface area contributed by atoms with Crippen molar-refractivity contribution in [3.63, 3.8) is 0 Å². The molecule has 7 heteroatoms. The summed E-state index contributed by atoms with van der Waals surface area (Å²) in [5, 5.41) is 3.54. The number of benzene rings is 2. The predicted molar refractivity (Wildman–Crippen MR) is 123 cm³/mol. The number of carbonyl (C=O) groups is 2. The van der Waals surface area contributed by atoms with Gasteiger partial charge in [0.15, 0.2) is 11.8 Å². The van der Waals surface area contributed by atoms with Gasteiger partial charge >= 0.3 is 0 Å². The van der Waals surface area contributed by atoms with Crippen molar-refractivity contribution < 1.29 is 14.3 Å². The molecule has 2 amide bonds. The van der Waals surface area contributed by atoms with Crippen molar-refractivity contribution in [1.82, 2.24) is 4.90 Å². The van der Waals surface area contributed by atoms with Crippen LogP contribution in [-0.2, 0) is 9.59 Å². The Morgan fingerprint density at radius 3 is 2.47 bits per heavy atom. The lowest BCUT2D eigenvalue weighted by Gasteiger charge is -2.11. The number of anilines is 1. The van der Waals surface area contributed by atoms with Crippen LogP contribution in [-0.4, -0.2) is 41.6 Å². The molecule has 156 valence electrons. The summed E-state index contributed by atoms with van der Waals surface area (Å²) in [6.07, 6.45) is 1.85. The van der Waals surface area contributed by atoms with Crippen LogP contribution in [0.25, 0.3) is 6.08 Å². The van der Waals surface area contributed by atoms with E-state index in [2.05, 4.69) is 10.3 Å². The van der Waals surface area contributed by atoms with Crippen LogP contribution in [0.15, 0.2) is 58.4 Å². The van der Waals surface area contributed by atoms with Crippen LogP contribution in [0.5, 0.6) is 5.75 Å². The molecule has 0 radical (unpaired) electrons. The number of hydrogen-bond donors (Lipinski definition) is 1. The van der Waals surface area contributed by atoms with Crippen LogP contribution < -0.4 is 10.1 Å². The van der Waals surface area contributed by atoms with Crippen molar-refractivity contribution in [2.45, 2.75) is 20.8 Å². The Labute approximate surface area is 181 Å². The van der Waals surface area contributed by atoms with E-state index >= 15 is 0 Å². The number of likely N-dealkylation sites (N-methyl/N-ethyl adjacent to an activating group) is 1. The third kappa shape index (κ3) is 5.51. The largest absolute Gasteiger partial charge is 0.484 e. The van der Waals surface area contributed by atoms with Crippen molar-refractivity contribution in [2.75, 3.05) is 25.0 Å². The second kappa shape index (κ2) is 10.1. The van der Waals surface area contributed by atoms with Crippen molar-refractivity contribution in [1.29, 1.82) is 0 Å². The molecule has 1 N–H and O–H groups in total. The van der Waals surface area contributed by atoms with Gasteiger partial charge in [0.25, 0.3) is 11.8 Å². The number of nitrogens with zero attached hydrogens (tertiary/aromatic N) is 2. The first kappa shape index (κ1) is 21.6. The first-order valence-corrected chi connectivity index (χ1v) is 10.7. The van der Waals surface area contributed by atoms with Crippen LogP contribution in [0.4, 0.5) is 5.69 Å². The van der Waals surface area contributed by atoms with Gasteiger partial charge in [0.2, 0.25) is 0 Å². The second-order valence-electron chi connectivity index (χ2n) is 6.69. The Morgan fingerprint density at radius 1 is 1.13 bits per heavy atom. The number of aliphatic imine (C=N–C) groups is 1. The normalized spacial score (nSPS) is 16.4. The molecule has 2 aromatic carbocycles. The highest BCUT2D eigenvalue weighted by atomic mass is 32.2. The quantitative estimate of drug-likeness (QED) is 0.673. The third-order valence-corrected chi connectivity index (χ3v) is 5.43. The molecule has 30 heavy (non-hydrogen) atoms. The third-order valence-electron chi connectivity index (χ3n) is 4.38. The molecule has 1 aliphatic rings. The summed E-state index contributed by atoms with van der Waals surface area (Å²) in [5.74, 6) is 0.341. The van der Waals surface area contributed by atoms with Gasteiger partial charge in [0.05, 0.1) is 4.91 Å². The summed E-state index contributed by atoms with van der Waals surface area (Å²) in [6.45, 7) is 7.04. The molecule has 1 aliphatic heterocycles. The van der Waals surface area contributed by atoms with Gasteiger partial charge in [-0.15, -0.1) is 0 Å². The highest BCUT2D eigenvalue weighted by Crippen LogP contribution is 2.32. The van der Waals surface area contributed by atoms with Gasteiger partial charge in [0, 0.05) is 18.8 Å². The zero-order valence-corrected chi connectivity index (χ0v) is 18.2. The Kier molecular flexibility index (Phi) is 7.30. The fourth-order valence-electron chi connectivity index (χ4n) is 2.83. The van der Waals surface area contributed by atoms with Gasteiger partial charge in [-0.1, -0.05) is 29.8 Å². The van der Waals surface area contributed by atoms with E-state index in [0.717, 1.165) is 22.0 Å². The number of aryl methyl sites for hydroxylation is 1. The summed E-state index contributed by atoms with van der Waals surface area (Å²) in [7, 11) is 0. The van der Waals surface area contributed by atoms with Gasteiger partial charge in [-0.25, -0.2) is 0 Å².